The molecule has 4 aromatic rings. The minimum absolute atomic E-state index is 0.0714. The quantitative estimate of drug-likeness (QED) is 0.290. The Hall–Kier alpha value is -3.42. The molecule has 6 nitrogen and oxygen atoms in total. The Balaban J connectivity index is 1.44. The molecule has 0 aliphatic carbocycles. The smallest absolute Gasteiger partial charge is 0.234 e. The van der Waals surface area contributed by atoms with Crippen molar-refractivity contribution < 1.29 is 4.79 Å². The third kappa shape index (κ3) is 6.38. The van der Waals surface area contributed by atoms with Gasteiger partial charge in [0.2, 0.25) is 5.91 Å². The van der Waals surface area contributed by atoms with Crippen molar-refractivity contribution in [1.82, 2.24) is 19.7 Å². The van der Waals surface area contributed by atoms with Gasteiger partial charge in [-0.25, -0.2) is 0 Å². The highest BCUT2D eigenvalue weighted by Gasteiger charge is 2.22. The van der Waals surface area contributed by atoms with E-state index in [4.69, 9.17) is 0 Å². The molecule has 180 valence electrons. The van der Waals surface area contributed by atoms with Crippen molar-refractivity contribution in [2.45, 2.75) is 31.1 Å². The largest absolute Gasteiger partial charge is 0.325 e. The maximum absolute atomic E-state index is 12.7. The van der Waals surface area contributed by atoms with Gasteiger partial charge in [0.1, 0.15) is 0 Å². The molecule has 1 unspecified atom stereocenters. The van der Waals surface area contributed by atoms with Crippen LogP contribution in [0.2, 0.25) is 0 Å². The van der Waals surface area contributed by atoms with Crippen LogP contribution in [0.1, 0.15) is 30.8 Å². The average Bonchev–Trinajstić information content (AvgIpc) is 3.26. The van der Waals surface area contributed by atoms with Crippen molar-refractivity contribution in [1.29, 1.82) is 0 Å². The van der Waals surface area contributed by atoms with Crippen molar-refractivity contribution in [3.63, 3.8) is 0 Å². The Morgan fingerprint density at radius 2 is 1.54 bits per heavy atom. The standard InChI is InChI=1S/C28H31N5OS/c1-4-25(32(2)3)27-30-31-28(33(27)19-21-11-7-5-8-12-21)35-20-26(34)29-24-17-15-23(16-18-24)22-13-9-6-10-14-22/h5-18,25H,4,19-20H2,1-3H3,(H,29,34). The molecule has 1 heterocycles. The van der Waals surface area contributed by atoms with Crippen LogP contribution in [-0.2, 0) is 11.3 Å². The fourth-order valence-electron chi connectivity index (χ4n) is 4.05. The van der Waals surface area contributed by atoms with E-state index >= 15 is 0 Å². The molecule has 3 aromatic carbocycles. The second-order valence-electron chi connectivity index (χ2n) is 8.58. The molecular weight excluding hydrogens is 454 g/mol. The Labute approximate surface area is 211 Å². The molecule has 0 saturated heterocycles. The molecule has 1 atom stereocenters. The van der Waals surface area contributed by atoms with Crippen molar-refractivity contribution >= 4 is 23.4 Å². The highest BCUT2D eigenvalue weighted by atomic mass is 32.2. The number of benzene rings is 3. The van der Waals surface area contributed by atoms with Crippen LogP contribution < -0.4 is 5.32 Å². The molecule has 7 heteroatoms. The first-order chi connectivity index (χ1) is 17.0. The van der Waals surface area contributed by atoms with E-state index < -0.39 is 0 Å². The average molecular weight is 486 g/mol. The SMILES string of the molecule is CCC(c1nnc(SCC(=O)Nc2ccc(-c3ccccc3)cc2)n1Cc1ccccc1)N(C)C. The van der Waals surface area contributed by atoms with E-state index in [1.807, 2.05) is 60.7 Å². The number of rotatable bonds is 10. The van der Waals surface area contributed by atoms with Crippen LogP contribution in [0.25, 0.3) is 11.1 Å². The van der Waals surface area contributed by atoms with Crippen LogP contribution in [0.15, 0.2) is 90.1 Å². The minimum Gasteiger partial charge on any atom is -0.325 e. The van der Waals surface area contributed by atoms with Gasteiger partial charge in [-0.1, -0.05) is 91.5 Å². The van der Waals surface area contributed by atoms with E-state index in [0.29, 0.717) is 6.54 Å². The number of aromatic nitrogens is 3. The zero-order valence-electron chi connectivity index (χ0n) is 20.4. The lowest BCUT2D eigenvalue weighted by Gasteiger charge is -2.23. The summed E-state index contributed by atoms with van der Waals surface area (Å²) in [4.78, 5) is 14.9. The van der Waals surface area contributed by atoms with E-state index in [-0.39, 0.29) is 17.7 Å². The van der Waals surface area contributed by atoms with Crippen molar-refractivity contribution in [2.75, 3.05) is 25.2 Å². The number of carbonyl (C=O) groups excluding carboxylic acids is 1. The van der Waals surface area contributed by atoms with Gasteiger partial charge in [-0.2, -0.15) is 0 Å². The summed E-state index contributed by atoms with van der Waals surface area (Å²) in [6.45, 7) is 2.81. The lowest BCUT2D eigenvalue weighted by molar-refractivity contribution is -0.113. The van der Waals surface area contributed by atoms with Crippen LogP contribution in [-0.4, -0.2) is 45.4 Å². The summed E-state index contributed by atoms with van der Waals surface area (Å²) in [6, 6.07) is 28.5. The molecular formula is C28H31N5OS. The number of hydrogen-bond donors (Lipinski definition) is 1. The second-order valence-corrected chi connectivity index (χ2v) is 9.52. The topological polar surface area (TPSA) is 63.1 Å². The van der Waals surface area contributed by atoms with Gasteiger partial charge in [0, 0.05) is 5.69 Å². The van der Waals surface area contributed by atoms with Gasteiger partial charge < -0.3 is 9.88 Å². The number of hydrogen-bond acceptors (Lipinski definition) is 5. The molecule has 0 bridgehead atoms. The molecule has 0 aliphatic heterocycles. The normalized spacial score (nSPS) is 12.0. The Bertz CT molecular complexity index is 1220. The molecule has 0 saturated carbocycles. The van der Waals surface area contributed by atoms with E-state index in [1.54, 1.807) is 0 Å². The number of carbonyl (C=O) groups is 1. The van der Waals surface area contributed by atoms with E-state index in [1.165, 1.54) is 17.3 Å². The highest BCUT2D eigenvalue weighted by Crippen LogP contribution is 2.27. The van der Waals surface area contributed by atoms with Crippen molar-refractivity contribution in [3.05, 3.63) is 96.3 Å². The van der Waals surface area contributed by atoms with Gasteiger partial charge in [-0.15, -0.1) is 10.2 Å². The molecule has 35 heavy (non-hydrogen) atoms. The third-order valence-corrected chi connectivity index (χ3v) is 6.81. The van der Waals surface area contributed by atoms with E-state index in [2.05, 4.69) is 70.3 Å². The lowest BCUT2D eigenvalue weighted by Crippen LogP contribution is -2.23. The number of nitrogens with zero attached hydrogens (tertiary/aromatic N) is 4. The fourth-order valence-corrected chi connectivity index (χ4v) is 4.80. The summed E-state index contributed by atoms with van der Waals surface area (Å²) in [6.07, 6.45) is 0.921. The summed E-state index contributed by atoms with van der Waals surface area (Å²) in [7, 11) is 4.11. The summed E-state index contributed by atoms with van der Waals surface area (Å²) in [5.41, 5.74) is 4.22. The number of anilines is 1. The van der Waals surface area contributed by atoms with Crippen LogP contribution >= 0.6 is 11.8 Å². The predicted molar refractivity (Wildman–Crippen MR) is 144 cm³/mol. The van der Waals surface area contributed by atoms with Gasteiger partial charge in [0.15, 0.2) is 11.0 Å². The zero-order chi connectivity index (χ0) is 24.6. The minimum atomic E-state index is -0.0714. The van der Waals surface area contributed by atoms with Gasteiger partial charge >= 0.3 is 0 Å². The third-order valence-electron chi connectivity index (χ3n) is 5.85. The molecule has 0 spiro atoms. The number of nitrogens with one attached hydrogen (secondary N) is 1. The Morgan fingerprint density at radius 1 is 0.914 bits per heavy atom. The maximum Gasteiger partial charge on any atom is 0.234 e. The first-order valence-electron chi connectivity index (χ1n) is 11.8. The van der Waals surface area contributed by atoms with E-state index in [0.717, 1.165) is 34.2 Å². The molecule has 1 aromatic heterocycles. The molecule has 4 rings (SSSR count). The molecule has 1 amide bonds. The zero-order valence-corrected chi connectivity index (χ0v) is 21.2. The van der Waals surface area contributed by atoms with Gasteiger partial charge in [0.25, 0.3) is 0 Å². The number of amides is 1. The Morgan fingerprint density at radius 3 is 2.17 bits per heavy atom. The summed E-state index contributed by atoms with van der Waals surface area (Å²) >= 11 is 1.41. The van der Waals surface area contributed by atoms with Crippen LogP contribution in [0.3, 0.4) is 0 Å². The number of thioether (sulfide) groups is 1. The first kappa shape index (κ1) is 24.7. The van der Waals surface area contributed by atoms with Crippen LogP contribution in [0, 0.1) is 0 Å². The van der Waals surface area contributed by atoms with Gasteiger partial charge in [-0.05, 0) is 49.3 Å². The lowest BCUT2D eigenvalue weighted by atomic mass is 10.1. The van der Waals surface area contributed by atoms with E-state index in [9.17, 15) is 4.79 Å². The summed E-state index contributed by atoms with van der Waals surface area (Å²) < 4.78 is 2.14. The molecule has 0 fully saturated rings. The van der Waals surface area contributed by atoms with Gasteiger partial charge in [-0.3, -0.25) is 9.69 Å². The van der Waals surface area contributed by atoms with Crippen LogP contribution in [0.5, 0.6) is 0 Å². The Kier molecular flexibility index (Phi) is 8.34. The molecule has 0 radical (unpaired) electrons. The summed E-state index contributed by atoms with van der Waals surface area (Å²) in [5.74, 6) is 1.10. The fraction of sp³-hybridized carbons (Fsp3) is 0.250. The second kappa shape index (κ2) is 11.8. The predicted octanol–water partition coefficient (Wildman–Crippen LogP) is 5.74. The molecule has 1 N–H and O–H groups in total. The summed E-state index contributed by atoms with van der Waals surface area (Å²) in [5, 5.41) is 12.7. The van der Waals surface area contributed by atoms with Crippen LogP contribution in [0.4, 0.5) is 5.69 Å². The molecule has 0 aliphatic rings. The van der Waals surface area contributed by atoms with Crippen molar-refractivity contribution in [2.24, 2.45) is 0 Å². The monoisotopic (exact) mass is 485 g/mol. The highest BCUT2D eigenvalue weighted by molar-refractivity contribution is 7.99. The maximum atomic E-state index is 12.7. The first-order valence-corrected chi connectivity index (χ1v) is 12.7. The van der Waals surface area contributed by atoms with Crippen molar-refractivity contribution in [3.8, 4) is 11.1 Å². The van der Waals surface area contributed by atoms with Gasteiger partial charge in [0.05, 0.1) is 18.3 Å².